The maximum absolute atomic E-state index is 13.0. The summed E-state index contributed by atoms with van der Waals surface area (Å²) in [5.74, 6) is 1.21. The van der Waals surface area contributed by atoms with E-state index >= 15 is 0 Å². The molecule has 0 bridgehead atoms. The van der Waals surface area contributed by atoms with Gasteiger partial charge >= 0.3 is 0 Å². The first-order valence-electron chi connectivity index (χ1n) is 8.96. The van der Waals surface area contributed by atoms with Crippen LogP contribution in [0.2, 0.25) is 0 Å². The summed E-state index contributed by atoms with van der Waals surface area (Å²) in [6, 6.07) is 12.0. The summed E-state index contributed by atoms with van der Waals surface area (Å²) in [5, 5.41) is 6.04. The molecule has 1 aromatic carbocycles. The van der Waals surface area contributed by atoms with E-state index in [1.165, 1.54) is 0 Å². The Balaban J connectivity index is 1.41. The summed E-state index contributed by atoms with van der Waals surface area (Å²) in [6.45, 7) is 1.56. The smallest absolute Gasteiger partial charge is 0.246 e. The fourth-order valence-electron chi connectivity index (χ4n) is 3.66. The highest BCUT2D eigenvalue weighted by molar-refractivity contribution is 5.82. The molecule has 1 fully saturated rings. The van der Waals surface area contributed by atoms with Crippen molar-refractivity contribution >= 4 is 23.9 Å². The highest BCUT2D eigenvalue weighted by Crippen LogP contribution is 2.32. The molecule has 1 aromatic heterocycles. The standard InChI is InChI=1S/C19H22N6O/c20-19-21-10-7-17(23-19)24-12-8-15(9-13-24)18(26)25-16(6-11-22-25)14-4-2-1-3-5-14/h1-5,7,10-11,15-16H,6,8-9,12-13H2,(H2,20,21,23)/t16-/m0/s1. The molecule has 3 heterocycles. The van der Waals surface area contributed by atoms with E-state index in [1.807, 2.05) is 30.5 Å². The van der Waals surface area contributed by atoms with Gasteiger partial charge in [-0.1, -0.05) is 30.3 Å². The van der Waals surface area contributed by atoms with E-state index < -0.39 is 0 Å². The molecule has 7 heteroatoms. The first-order chi connectivity index (χ1) is 12.7. The van der Waals surface area contributed by atoms with Crippen LogP contribution in [0.3, 0.4) is 0 Å². The molecule has 1 atom stereocenters. The molecule has 7 nitrogen and oxygen atoms in total. The minimum Gasteiger partial charge on any atom is -0.368 e. The molecule has 0 spiro atoms. The van der Waals surface area contributed by atoms with Crippen LogP contribution in [0.4, 0.5) is 11.8 Å². The van der Waals surface area contributed by atoms with Gasteiger partial charge in [0.05, 0.1) is 6.04 Å². The number of rotatable bonds is 3. The van der Waals surface area contributed by atoms with Crippen molar-refractivity contribution in [1.29, 1.82) is 0 Å². The molecule has 4 rings (SSSR count). The molecule has 0 unspecified atom stereocenters. The van der Waals surface area contributed by atoms with Gasteiger partial charge in [0.2, 0.25) is 11.9 Å². The molecule has 1 amide bonds. The summed E-state index contributed by atoms with van der Waals surface area (Å²) in [4.78, 5) is 23.4. The quantitative estimate of drug-likeness (QED) is 0.917. The lowest BCUT2D eigenvalue weighted by Crippen LogP contribution is -2.41. The number of carbonyl (C=O) groups excluding carboxylic acids is 1. The Bertz CT molecular complexity index is 801. The van der Waals surface area contributed by atoms with Crippen LogP contribution >= 0.6 is 0 Å². The highest BCUT2D eigenvalue weighted by atomic mass is 16.2. The molecule has 2 aliphatic heterocycles. The number of hydrazone groups is 1. The Morgan fingerprint density at radius 3 is 2.62 bits per heavy atom. The second-order valence-corrected chi connectivity index (χ2v) is 6.68. The van der Waals surface area contributed by atoms with Crippen molar-refractivity contribution in [3.63, 3.8) is 0 Å². The fourth-order valence-corrected chi connectivity index (χ4v) is 3.66. The van der Waals surface area contributed by atoms with Crippen molar-refractivity contribution in [2.24, 2.45) is 11.0 Å². The molecule has 26 heavy (non-hydrogen) atoms. The van der Waals surface area contributed by atoms with Gasteiger partial charge in [0.15, 0.2) is 0 Å². The highest BCUT2D eigenvalue weighted by Gasteiger charge is 2.34. The lowest BCUT2D eigenvalue weighted by atomic mass is 9.94. The maximum Gasteiger partial charge on any atom is 0.246 e. The second-order valence-electron chi connectivity index (χ2n) is 6.68. The SMILES string of the molecule is Nc1nccc(N2CCC(C(=O)N3N=CC[C@H]3c3ccccc3)CC2)n1. The van der Waals surface area contributed by atoms with E-state index in [4.69, 9.17) is 5.73 Å². The van der Waals surface area contributed by atoms with E-state index in [-0.39, 0.29) is 23.8 Å². The average molecular weight is 350 g/mol. The van der Waals surface area contributed by atoms with E-state index in [1.54, 1.807) is 11.2 Å². The molecule has 1 saturated heterocycles. The number of nitrogens with two attached hydrogens (primary N) is 1. The van der Waals surface area contributed by atoms with E-state index in [0.717, 1.165) is 43.7 Å². The van der Waals surface area contributed by atoms with Gasteiger partial charge in [-0.3, -0.25) is 4.79 Å². The molecule has 0 aliphatic carbocycles. The Morgan fingerprint density at radius 2 is 1.88 bits per heavy atom. The van der Waals surface area contributed by atoms with Crippen LogP contribution in [0.15, 0.2) is 47.7 Å². The zero-order valence-corrected chi connectivity index (χ0v) is 14.5. The molecule has 0 saturated carbocycles. The predicted octanol–water partition coefficient (Wildman–Crippen LogP) is 2.23. The fraction of sp³-hybridized carbons (Fsp3) is 0.368. The summed E-state index contributed by atoms with van der Waals surface area (Å²) < 4.78 is 0. The van der Waals surface area contributed by atoms with E-state index in [9.17, 15) is 4.79 Å². The Kier molecular flexibility index (Phi) is 4.51. The summed E-state index contributed by atoms with van der Waals surface area (Å²) in [6.07, 6.45) is 5.86. The number of hydrogen-bond acceptors (Lipinski definition) is 6. The third-order valence-corrected chi connectivity index (χ3v) is 5.07. The molecule has 134 valence electrons. The van der Waals surface area contributed by atoms with Gasteiger partial charge in [-0.25, -0.2) is 9.99 Å². The molecular weight excluding hydrogens is 328 g/mol. The van der Waals surface area contributed by atoms with Crippen molar-refractivity contribution in [3.05, 3.63) is 48.2 Å². The topological polar surface area (TPSA) is 87.7 Å². The Labute approximate surface area is 152 Å². The normalized spacial score (nSPS) is 20.5. The molecule has 2 aromatic rings. The zero-order chi connectivity index (χ0) is 17.9. The number of benzene rings is 1. The third-order valence-electron chi connectivity index (χ3n) is 5.07. The minimum atomic E-state index is -0.00750. The lowest BCUT2D eigenvalue weighted by molar-refractivity contribution is -0.138. The Morgan fingerprint density at radius 1 is 1.12 bits per heavy atom. The number of hydrogen-bond donors (Lipinski definition) is 1. The van der Waals surface area contributed by atoms with Gasteiger partial charge in [-0.15, -0.1) is 0 Å². The number of aromatic nitrogens is 2. The number of carbonyl (C=O) groups is 1. The van der Waals surface area contributed by atoms with Crippen molar-refractivity contribution in [3.8, 4) is 0 Å². The number of amides is 1. The van der Waals surface area contributed by atoms with Crippen molar-refractivity contribution in [1.82, 2.24) is 15.0 Å². The van der Waals surface area contributed by atoms with E-state index in [2.05, 4.69) is 32.1 Å². The number of nitrogens with zero attached hydrogens (tertiary/aromatic N) is 5. The minimum absolute atomic E-state index is 0.00750. The van der Waals surface area contributed by atoms with Gasteiger partial charge in [-0.2, -0.15) is 10.1 Å². The number of piperidine rings is 1. The van der Waals surface area contributed by atoms with Crippen LogP contribution in [-0.2, 0) is 4.79 Å². The summed E-state index contributed by atoms with van der Waals surface area (Å²) in [7, 11) is 0. The van der Waals surface area contributed by atoms with Crippen molar-refractivity contribution in [2.75, 3.05) is 23.7 Å². The second kappa shape index (κ2) is 7.11. The molecule has 2 N–H and O–H groups in total. The molecular formula is C19H22N6O. The van der Waals surface area contributed by atoms with Crippen LogP contribution in [-0.4, -0.2) is 40.2 Å². The number of nitrogen functional groups attached to an aromatic ring is 1. The molecule has 0 radical (unpaired) electrons. The monoisotopic (exact) mass is 350 g/mol. The first kappa shape index (κ1) is 16.5. The Hall–Kier alpha value is -2.96. The number of anilines is 2. The van der Waals surface area contributed by atoms with Crippen LogP contribution in [0.5, 0.6) is 0 Å². The predicted molar refractivity (Wildman–Crippen MR) is 101 cm³/mol. The van der Waals surface area contributed by atoms with Crippen molar-refractivity contribution in [2.45, 2.75) is 25.3 Å². The largest absolute Gasteiger partial charge is 0.368 e. The van der Waals surface area contributed by atoms with Crippen LogP contribution in [0.1, 0.15) is 30.9 Å². The van der Waals surface area contributed by atoms with Gasteiger partial charge in [-0.05, 0) is 24.5 Å². The average Bonchev–Trinajstić information content (AvgIpc) is 3.18. The van der Waals surface area contributed by atoms with Gasteiger partial charge in [0.25, 0.3) is 0 Å². The third kappa shape index (κ3) is 3.24. The van der Waals surface area contributed by atoms with Crippen LogP contribution < -0.4 is 10.6 Å². The summed E-state index contributed by atoms with van der Waals surface area (Å²) >= 11 is 0. The van der Waals surface area contributed by atoms with Crippen LogP contribution in [0.25, 0.3) is 0 Å². The summed E-state index contributed by atoms with van der Waals surface area (Å²) in [5.41, 5.74) is 6.80. The van der Waals surface area contributed by atoms with Crippen LogP contribution in [0, 0.1) is 5.92 Å². The van der Waals surface area contributed by atoms with Gasteiger partial charge in [0.1, 0.15) is 5.82 Å². The lowest BCUT2D eigenvalue weighted by Gasteiger charge is -2.34. The van der Waals surface area contributed by atoms with Gasteiger partial charge in [0, 0.05) is 37.8 Å². The maximum atomic E-state index is 13.0. The first-order valence-corrected chi connectivity index (χ1v) is 8.96. The zero-order valence-electron chi connectivity index (χ0n) is 14.5. The van der Waals surface area contributed by atoms with Crippen molar-refractivity contribution < 1.29 is 4.79 Å². The molecule has 2 aliphatic rings. The van der Waals surface area contributed by atoms with E-state index in [0.29, 0.717) is 0 Å². The van der Waals surface area contributed by atoms with Gasteiger partial charge < -0.3 is 10.6 Å².